The molecule has 0 radical (unpaired) electrons. The number of rotatable bonds is 0. The van der Waals surface area contributed by atoms with Crippen LogP contribution in [0, 0.1) is 6.92 Å². The van der Waals surface area contributed by atoms with Gasteiger partial charge >= 0.3 is 49.1 Å². The molecule has 0 unspecified atom stereocenters. The molecule has 1 heterocycles. The number of hydrogen-bond acceptors (Lipinski definition) is 2. The molecule has 4 heteroatoms. The quantitative estimate of drug-likeness (QED) is 0.369. The molecule has 0 aliphatic heterocycles. The van der Waals surface area contributed by atoms with Gasteiger partial charge in [-0.1, -0.05) is 0 Å². The summed E-state index contributed by atoms with van der Waals surface area (Å²) >= 11 is 0. The summed E-state index contributed by atoms with van der Waals surface area (Å²) in [6.45, 7) is 3.90. The molecular weight excluding hydrogens is 97.7 g/mol. The Morgan fingerprint density at radius 1 is 1.62 bits per heavy atom. The van der Waals surface area contributed by atoms with Crippen molar-refractivity contribution in [2.75, 3.05) is 0 Å². The zero-order chi connectivity index (χ0) is 5.98. The van der Waals surface area contributed by atoms with Crippen LogP contribution in [0.4, 0.5) is 0 Å². The maximum absolute atomic E-state index is 3.93. The van der Waals surface area contributed by atoms with Crippen LogP contribution in [-0.2, 0) is 0 Å². The SMILES string of the molecule is Bc1bc(C)ncn1. The first-order valence-corrected chi connectivity index (χ1v) is 2.54. The van der Waals surface area contributed by atoms with E-state index >= 15 is 0 Å². The molecular formula is C4H6B2N2. The van der Waals surface area contributed by atoms with Gasteiger partial charge in [-0.3, -0.25) is 0 Å². The van der Waals surface area contributed by atoms with Crippen LogP contribution in [0.25, 0.3) is 0 Å². The molecule has 1 aromatic heterocycles. The molecule has 1 aromatic rings. The Kier molecular flexibility index (Phi) is 1.42. The van der Waals surface area contributed by atoms with Gasteiger partial charge in [-0.2, -0.15) is 0 Å². The monoisotopic (exact) mass is 104 g/mol. The van der Waals surface area contributed by atoms with E-state index in [1.165, 1.54) is 0 Å². The summed E-state index contributed by atoms with van der Waals surface area (Å²) in [4.78, 5) is 7.86. The van der Waals surface area contributed by atoms with Crippen molar-refractivity contribution in [2.24, 2.45) is 0 Å². The molecule has 0 N–H and O–H groups in total. The topological polar surface area (TPSA) is 25.8 Å². The van der Waals surface area contributed by atoms with Crippen LogP contribution in [0.5, 0.6) is 0 Å². The summed E-state index contributed by atoms with van der Waals surface area (Å²) in [6, 6.07) is 0. The van der Waals surface area contributed by atoms with Crippen LogP contribution in [0.1, 0.15) is 5.59 Å². The van der Waals surface area contributed by atoms with Gasteiger partial charge in [-0.15, -0.1) is 0 Å². The van der Waals surface area contributed by atoms with E-state index in [9.17, 15) is 0 Å². The van der Waals surface area contributed by atoms with E-state index in [0.717, 1.165) is 11.1 Å². The van der Waals surface area contributed by atoms with Crippen LogP contribution >= 0.6 is 0 Å². The second-order valence-corrected chi connectivity index (χ2v) is 1.80. The predicted molar refractivity (Wildman–Crippen MR) is 36.3 cm³/mol. The van der Waals surface area contributed by atoms with Gasteiger partial charge in [0.15, 0.2) is 0 Å². The maximum atomic E-state index is 3.93. The number of hydrogen-bond donors (Lipinski definition) is 0. The summed E-state index contributed by atoms with van der Waals surface area (Å²) in [6.07, 6.45) is 1.57. The molecule has 0 aliphatic rings. The van der Waals surface area contributed by atoms with Crippen LogP contribution in [0.15, 0.2) is 6.33 Å². The third kappa shape index (κ3) is 1.15. The average Bonchev–Trinajstić information content (AvgIpc) is 1.64. The van der Waals surface area contributed by atoms with E-state index in [4.69, 9.17) is 0 Å². The molecule has 0 bridgehead atoms. The molecule has 1 rings (SSSR count). The first-order chi connectivity index (χ1) is 3.79. The van der Waals surface area contributed by atoms with Gasteiger partial charge in [0.05, 0.1) is 0 Å². The summed E-state index contributed by atoms with van der Waals surface area (Å²) in [7, 11) is 1.95. The second kappa shape index (κ2) is 2.07. The van der Waals surface area contributed by atoms with E-state index in [1.54, 1.807) is 6.33 Å². The summed E-state index contributed by atoms with van der Waals surface area (Å²) in [5.74, 6) is 0. The standard InChI is InChI=1S/C4H6B2N2/c1-3-6-4(5)8-2-7-3/h2H,5H2,1H3. The molecule has 0 spiro atoms. The molecule has 0 aromatic carbocycles. The van der Waals surface area contributed by atoms with E-state index in [-0.39, 0.29) is 0 Å². The van der Waals surface area contributed by atoms with E-state index in [1.807, 2.05) is 21.7 Å². The third-order valence-electron chi connectivity index (χ3n) is 0.941. The Bertz CT molecular complexity index is 172. The van der Waals surface area contributed by atoms with Crippen LogP contribution in [0.2, 0.25) is 0 Å². The van der Waals surface area contributed by atoms with E-state index in [2.05, 4.69) is 9.97 Å². The third-order valence-corrected chi connectivity index (χ3v) is 0.941. The van der Waals surface area contributed by atoms with Crippen LogP contribution in [0.3, 0.4) is 0 Å². The number of aryl methyl sites for hydroxylation is 1. The molecule has 0 atom stereocenters. The fourth-order valence-electron chi connectivity index (χ4n) is 0.588. The van der Waals surface area contributed by atoms with E-state index < -0.39 is 0 Å². The molecule has 2 nitrogen and oxygen atoms in total. The van der Waals surface area contributed by atoms with Crippen molar-refractivity contribution in [3.8, 4) is 0 Å². The number of aromatic nitrogens is 2. The van der Waals surface area contributed by atoms with Crippen LogP contribution < -0.4 is 5.49 Å². The fraction of sp³-hybridized carbons (Fsp3) is 0.250. The molecule has 0 saturated carbocycles. The molecule has 0 amide bonds. The van der Waals surface area contributed by atoms with Gasteiger partial charge in [0.1, 0.15) is 0 Å². The minimum absolute atomic E-state index is 1.03. The minimum atomic E-state index is 1.03. The van der Waals surface area contributed by atoms with Crippen molar-refractivity contribution in [1.29, 1.82) is 0 Å². The zero-order valence-corrected chi connectivity index (χ0v) is 5.05. The van der Waals surface area contributed by atoms with Gasteiger partial charge in [-0.05, 0) is 0 Å². The Hall–Kier alpha value is -0.660. The van der Waals surface area contributed by atoms with Crippen molar-refractivity contribution in [3.63, 3.8) is 0 Å². The molecule has 0 saturated heterocycles. The van der Waals surface area contributed by atoms with Gasteiger partial charge < -0.3 is 0 Å². The zero-order valence-electron chi connectivity index (χ0n) is 5.05. The first kappa shape index (κ1) is 5.48. The first-order valence-electron chi connectivity index (χ1n) is 2.54. The van der Waals surface area contributed by atoms with Crippen molar-refractivity contribution in [1.82, 2.24) is 9.97 Å². The Morgan fingerprint density at radius 3 is 2.75 bits per heavy atom. The van der Waals surface area contributed by atoms with Gasteiger partial charge in [0.2, 0.25) is 0 Å². The number of nitrogens with zero attached hydrogens (tertiary/aromatic N) is 2. The van der Waals surface area contributed by atoms with E-state index in [0.29, 0.717) is 0 Å². The predicted octanol–water partition coefficient (Wildman–Crippen LogP) is -1.62. The summed E-state index contributed by atoms with van der Waals surface area (Å²) in [5, 5.41) is 0. The molecule has 8 heavy (non-hydrogen) atoms. The molecule has 38 valence electrons. The van der Waals surface area contributed by atoms with Gasteiger partial charge in [-0.25, -0.2) is 0 Å². The fourth-order valence-corrected chi connectivity index (χ4v) is 0.588. The van der Waals surface area contributed by atoms with Gasteiger partial charge in [0, 0.05) is 0 Å². The van der Waals surface area contributed by atoms with Crippen molar-refractivity contribution < 1.29 is 0 Å². The van der Waals surface area contributed by atoms with Gasteiger partial charge in [0.25, 0.3) is 0 Å². The Morgan fingerprint density at radius 2 is 2.38 bits per heavy atom. The molecule has 0 fully saturated rings. The average molecular weight is 104 g/mol. The summed E-state index contributed by atoms with van der Waals surface area (Å²) in [5.41, 5.74) is 2.05. The molecule has 0 aliphatic carbocycles. The van der Waals surface area contributed by atoms with Crippen molar-refractivity contribution in [3.05, 3.63) is 11.9 Å². The van der Waals surface area contributed by atoms with Crippen molar-refractivity contribution in [2.45, 2.75) is 6.92 Å². The Labute approximate surface area is 50.0 Å². The normalized spacial score (nSPS) is 8.62. The van der Waals surface area contributed by atoms with Crippen LogP contribution in [-0.4, -0.2) is 24.7 Å². The second-order valence-electron chi connectivity index (χ2n) is 1.80. The Balaban J connectivity index is 3.08. The van der Waals surface area contributed by atoms with Crippen molar-refractivity contribution >= 4 is 20.2 Å². The summed E-state index contributed by atoms with van der Waals surface area (Å²) < 4.78 is 0.